The summed E-state index contributed by atoms with van der Waals surface area (Å²) in [5, 5.41) is 7.02. The first-order chi connectivity index (χ1) is 14.3. The van der Waals surface area contributed by atoms with Crippen LogP contribution < -0.4 is 0 Å². The fourth-order valence-corrected chi connectivity index (χ4v) is 13.2. The van der Waals surface area contributed by atoms with Crippen LogP contribution in [0.5, 0.6) is 0 Å². The van der Waals surface area contributed by atoms with E-state index in [1.165, 1.54) is 34.2 Å². The van der Waals surface area contributed by atoms with Gasteiger partial charge in [0, 0.05) is 0 Å². The van der Waals surface area contributed by atoms with Gasteiger partial charge in [-0.2, -0.15) is 0 Å². The minimum atomic E-state index is 0.0904. The van der Waals surface area contributed by atoms with Crippen molar-refractivity contribution in [2.75, 3.05) is 23.0 Å². The van der Waals surface area contributed by atoms with E-state index >= 15 is 0 Å². The van der Waals surface area contributed by atoms with Crippen LogP contribution in [0.1, 0.15) is 13.8 Å². The molecule has 0 radical (unpaired) electrons. The third-order valence-corrected chi connectivity index (χ3v) is 15.0. The second kappa shape index (κ2) is 20.4. The van der Waals surface area contributed by atoms with Crippen LogP contribution in [0.25, 0.3) is 0 Å². The molecule has 0 aromatic rings. The van der Waals surface area contributed by atoms with Crippen LogP contribution in [0.3, 0.4) is 0 Å². The summed E-state index contributed by atoms with van der Waals surface area (Å²) in [4.78, 5) is 22.4. The molecule has 1 rings (SSSR count). The molecule has 8 heteroatoms. The van der Waals surface area contributed by atoms with E-state index in [4.69, 9.17) is 0 Å². The molecule has 0 spiro atoms. The number of carbonyl (C=O) groups excluding carboxylic acids is 2. The molecule has 0 N–H and O–H groups in total. The topological polar surface area (TPSA) is 34.1 Å². The molecule has 0 aromatic carbocycles. The summed E-state index contributed by atoms with van der Waals surface area (Å²) < 4.78 is 0. The zero-order valence-electron chi connectivity index (χ0n) is 18.1. The fraction of sp³-hybridized carbons (Fsp3) is 0.545. The predicted octanol–water partition coefficient (Wildman–Crippen LogP) is 6.32. The Bertz CT molecular complexity index is 533. The molecule has 1 aliphatic rings. The van der Waals surface area contributed by atoms with Crippen molar-refractivity contribution in [1.29, 1.82) is 0 Å². The summed E-state index contributed by atoms with van der Waals surface area (Å²) in [5.74, 6) is 3.97. The van der Waals surface area contributed by atoms with Crippen LogP contribution in [-0.2, 0) is 9.59 Å². The number of hydrogen-bond acceptors (Lipinski definition) is 6. The van der Waals surface area contributed by atoms with Crippen LogP contribution in [0.15, 0.2) is 49.6 Å². The van der Waals surface area contributed by atoms with Gasteiger partial charge >= 0.3 is 215 Å². The SMILES string of the molecule is C=C(C)C(=O)SCC[Se]CCSC(=O)C(=C)C.C=CCSC1C[Se]CC1SCC=C. The van der Waals surface area contributed by atoms with Crippen LogP contribution in [0.4, 0.5) is 0 Å². The Balaban J connectivity index is 0.000000579. The molecule has 0 amide bonds. The molecule has 170 valence electrons. The molecule has 0 bridgehead atoms. The Morgan fingerprint density at radius 2 is 1.30 bits per heavy atom. The Hall–Kier alpha value is 0.739. The second-order valence-electron chi connectivity index (χ2n) is 6.30. The summed E-state index contributed by atoms with van der Waals surface area (Å²) in [6, 6.07) is 0. The van der Waals surface area contributed by atoms with E-state index in [1.807, 2.05) is 12.2 Å². The van der Waals surface area contributed by atoms with Gasteiger partial charge in [0.1, 0.15) is 0 Å². The first-order valence-corrected chi connectivity index (χ1v) is 18.5. The molecule has 0 saturated carbocycles. The summed E-state index contributed by atoms with van der Waals surface area (Å²) in [6.45, 7) is 18.2. The molecule has 2 nitrogen and oxygen atoms in total. The fourth-order valence-electron chi connectivity index (χ4n) is 1.94. The van der Waals surface area contributed by atoms with Gasteiger partial charge in [-0.25, -0.2) is 0 Å². The van der Waals surface area contributed by atoms with E-state index < -0.39 is 0 Å². The van der Waals surface area contributed by atoms with Crippen LogP contribution in [-0.4, -0.2) is 73.7 Å². The third kappa shape index (κ3) is 16.4. The van der Waals surface area contributed by atoms with Gasteiger partial charge in [0.05, 0.1) is 0 Å². The zero-order valence-corrected chi connectivity index (χ0v) is 24.8. The van der Waals surface area contributed by atoms with Gasteiger partial charge in [-0.3, -0.25) is 0 Å². The van der Waals surface area contributed by atoms with Gasteiger partial charge in [-0.15, -0.1) is 0 Å². The van der Waals surface area contributed by atoms with Crippen LogP contribution >= 0.6 is 47.0 Å². The van der Waals surface area contributed by atoms with Crippen molar-refractivity contribution >= 4 is 87.2 Å². The van der Waals surface area contributed by atoms with Crippen molar-refractivity contribution in [1.82, 2.24) is 0 Å². The molecule has 1 saturated heterocycles. The number of hydrogen-bond donors (Lipinski definition) is 0. The van der Waals surface area contributed by atoms with Gasteiger partial charge in [-0.05, 0) is 0 Å². The molecule has 1 aliphatic heterocycles. The van der Waals surface area contributed by atoms with Gasteiger partial charge in [0.25, 0.3) is 0 Å². The summed E-state index contributed by atoms with van der Waals surface area (Å²) >= 11 is 8.28. The van der Waals surface area contributed by atoms with Gasteiger partial charge in [-0.1, -0.05) is 0 Å². The number of rotatable bonds is 14. The third-order valence-electron chi connectivity index (χ3n) is 3.45. The molecule has 0 aliphatic carbocycles. The van der Waals surface area contributed by atoms with Crippen molar-refractivity contribution in [2.45, 2.75) is 45.6 Å². The predicted molar refractivity (Wildman–Crippen MR) is 148 cm³/mol. The van der Waals surface area contributed by atoms with Gasteiger partial charge in [0.2, 0.25) is 0 Å². The van der Waals surface area contributed by atoms with E-state index in [1.54, 1.807) is 13.8 Å². The molecular formula is C22H34O2S4Se2. The molecule has 2 unspecified atom stereocenters. The molecule has 1 heterocycles. The Labute approximate surface area is 213 Å². The summed E-state index contributed by atoms with van der Waals surface area (Å²) in [5.41, 5.74) is 1.23. The van der Waals surface area contributed by atoms with Crippen LogP contribution in [0, 0.1) is 0 Å². The van der Waals surface area contributed by atoms with Gasteiger partial charge < -0.3 is 0 Å². The zero-order chi connectivity index (χ0) is 22.8. The van der Waals surface area contributed by atoms with Crippen LogP contribution in [0.2, 0.25) is 21.3 Å². The summed E-state index contributed by atoms with van der Waals surface area (Å²) in [6.07, 6.45) is 4.04. The number of thioether (sulfide) groups is 4. The Morgan fingerprint density at radius 1 is 0.900 bits per heavy atom. The van der Waals surface area contributed by atoms with E-state index in [9.17, 15) is 9.59 Å². The quantitative estimate of drug-likeness (QED) is 0.0985. The molecule has 0 aromatic heterocycles. The van der Waals surface area contributed by atoms with Crippen molar-refractivity contribution in [2.24, 2.45) is 0 Å². The number of carbonyl (C=O) groups is 2. The normalized spacial score (nSPS) is 17.5. The maximum atomic E-state index is 11.2. The first-order valence-electron chi connectivity index (χ1n) is 9.59. The van der Waals surface area contributed by atoms with E-state index in [0.29, 0.717) is 26.1 Å². The molecular weight excluding hydrogens is 582 g/mol. The van der Waals surface area contributed by atoms with Gasteiger partial charge in [0.15, 0.2) is 0 Å². The summed E-state index contributed by atoms with van der Waals surface area (Å²) in [7, 11) is 0. The van der Waals surface area contributed by atoms with Crippen molar-refractivity contribution in [3.63, 3.8) is 0 Å². The second-order valence-corrected chi connectivity index (χ2v) is 15.8. The Kier molecular flexibility index (Phi) is 20.9. The minimum absolute atomic E-state index is 0.0904. The standard InChI is InChI=1S/C12H18O2S2Se.C10H16S2Se/c1-9(2)11(13)15-5-7-17-8-6-16-12(14)10(3)4;1-3-5-11-9-7-13-8-10(9)12-6-4-2/h1,3,5-8H2,2,4H3;3-4,9-10H,1-2,5-8H2. The van der Waals surface area contributed by atoms with Crippen molar-refractivity contribution < 1.29 is 9.59 Å². The molecule has 1 fully saturated rings. The van der Waals surface area contributed by atoms with E-state index in [-0.39, 0.29) is 10.2 Å². The van der Waals surface area contributed by atoms with E-state index in [2.05, 4.69) is 49.8 Å². The van der Waals surface area contributed by atoms with E-state index in [0.717, 1.165) is 59.1 Å². The average Bonchev–Trinajstić information content (AvgIpc) is 3.17. The van der Waals surface area contributed by atoms with Crippen molar-refractivity contribution in [3.8, 4) is 0 Å². The average molecular weight is 617 g/mol. The Morgan fingerprint density at radius 3 is 1.63 bits per heavy atom. The first kappa shape index (κ1) is 30.7. The maximum absolute atomic E-state index is 11.2. The monoisotopic (exact) mass is 618 g/mol. The molecule has 2 atom stereocenters. The van der Waals surface area contributed by atoms with Crippen molar-refractivity contribution in [3.05, 3.63) is 49.6 Å². The molecule has 30 heavy (non-hydrogen) atoms.